The molecule has 0 fully saturated rings. The smallest absolute Gasteiger partial charge is 0.338 e. The Morgan fingerprint density at radius 2 is 1.86 bits per heavy atom. The van der Waals surface area contributed by atoms with E-state index in [1.165, 1.54) is 18.3 Å². The maximum Gasteiger partial charge on any atom is 0.338 e. The van der Waals surface area contributed by atoms with Crippen LogP contribution in [0.4, 0.5) is 0 Å². The third-order valence-electron chi connectivity index (χ3n) is 3.81. The van der Waals surface area contributed by atoms with E-state index in [1.807, 2.05) is 0 Å². The number of furan rings is 1. The molecule has 7 heteroatoms. The van der Waals surface area contributed by atoms with Crippen LogP contribution in [-0.4, -0.2) is 29.8 Å². The van der Waals surface area contributed by atoms with Gasteiger partial charge in [0.15, 0.2) is 0 Å². The second-order valence-electron chi connectivity index (χ2n) is 5.72. The van der Waals surface area contributed by atoms with E-state index in [2.05, 4.69) is 10.5 Å². The molecule has 0 unspecified atom stereocenters. The molecule has 3 aromatic rings. The van der Waals surface area contributed by atoms with Gasteiger partial charge in [0.25, 0.3) is 5.91 Å². The number of esters is 1. The molecule has 1 heterocycles. The second-order valence-corrected chi connectivity index (χ2v) is 5.72. The highest BCUT2D eigenvalue weighted by Crippen LogP contribution is 2.22. The van der Waals surface area contributed by atoms with Gasteiger partial charge in [-0.15, -0.1) is 0 Å². The summed E-state index contributed by atoms with van der Waals surface area (Å²) >= 11 is 0. The molecule has 0 saturated carbocycles. The van der Waals surface area contributed by atoms with Crippen LogP contribution in [-0.2, 0) is 4.74 Å². The van der Waals surface area contributed by atoms with Gasteiger partial charge in [-0.05, 0) is 43.3 Å². The number of hydrazone groups is 1. The molecule has 7 nitrogen and oxygen atoms in total. The molecular weight excluding hydrogens is 360 g/mol. The van der Waals surface area contributed by atoms with Crippen molar-refractivity contribution in [3.8, 4) is 17.1 Å². The highest BCUT2D eigenvalue weighted by atomic mass is 16.5. The fourth-order valence-corrected chi connectivity index (χ4v) is 2.44. The number of nitrogens with one attached hydrogen (secondary N) is 1. The van der Waals surface area contributed by atoms with Crippen molar-refractivity contribution in [1.29, 1.82) is 0 Å². The molecule has 0 atom stereocenters. The maximum atomic E-state index is 12.0. The zero-order valence-electron chi connectivity index (χ0n) is 15.1. The number of amides is 1. The summed E-state index contributed by atoms with van der Waals surface area (Å²) < 4.78 is 10.6. The summed E-state index contributed by atoms with van der Waals surface area (Å²) in [6.07, 6.45) is 1.36. The van der Waals surface area contributed by atoms with Gasteiger partial charge >= 0.3 is 5.97 Å². The van der Waals surface area contributed by atoms with Crippen molar-refractivity contribution in [2.24, 2.45) is 5.10 Å². The van der Waals surface area contributed by atoms with E-state index in [9.17, 15) is 14.7 Å². The summed E-state index contributed by atoms with van der Waals surface area (Å²) in [7, 11) is 0. The third-order valence-corrected chi connectivity index (χ3v) is 3.81. The molecule has 142 valence electrons. The van der Waals surface area contributed by atoms with Crippen LogP contribution < -0.4 is 5.43 Å². The molecule has 2 aromatic carbocycles. The molecule has 0 bridgehead atoms. The predicted molar refractivity (Wildman–Crippen MR) is 103 cm³/mol. The summed E-state index contributed by atoms with van der Waals surface area (Å²) in [5.41, 5.74) is 3.70. The number of hydrogen-bond acceptors (Lipinski definition) is 6. The van der Waals surface area contributed by atoms with E-state index >= 15 is 0 Å². The monoisotopic (exact) mass is 378 g/mol. The van der Waals surface area contributed by atoms with Gasteiger partial charge in [-0.25, -0.2) is 10.2 Å². The van der Waals surface area contributed by atoms with Crippen molar-refractivity contribution < 1.29 is 23.8 Å². The van der Waals surface area contributed by atoms with Crippen LogP contribution in [0.2, 0.25) is 0 Å². The van der Waals surface area contributed by atoms with Crippen LogP contribution in [0.25, 0.3) is 11.3 Å². The van der Waals surface area contributed by atoms with Crippen LogP contribution in [0.15, 0.2) is 70.2 Å². The minimum absolute atomic E-state index is 0.123. The molecule has 1 amide bonds. The molecule has 0 saturated heterocycles. The number of rotatable bonds is 6. The lowest BCUT2D eigenvalue weighted by atomic mass is 10.1. The van der Waals surface area contributed by atoms with Crippen molar-refractivity contribution in [3.05, 3.63) is 77.6 Å². The minimum atomic E-state index is -0.532. The first kappa shape index (κ1) is 18.9. The molecule has 0 aliphatic rings. The fraction of sp³-hybridized carbons (Fsp3) is 0.0952. The molecule has 1 aromatic heterocycles. The Bertz CT molecular complexity index is 1010. The van der Waals surface area contributed by atoms with Crippen molar-refractivity contribution in [2.45, 2.75) is 6.92 Å². The highest BCUT2D eigenvalue weighted by Gasteiger charge is 2.10. The van der Waals surface area contributed by atoms with Gasteiger partial charge in [0.05, 0.1) is 23.9 Å². The Hall–Kier alpha value is -3.87. The number of aromatic hydroxyl groups is 1. The Labute approximate surface area is 161 Å². The topological polar surface area (TPSA) is 101 Å². The number of carbonyl (C=O) groups is 2. The second kappa shape index (κ2) is 8.68. The Balaban J connectivity index is 1.64. The molecule has 2 N–H and O–H groups in total. The van der Waals surface area contributed by atoms with Gasteiger partial charge in [0.2, 0.25) is 0 Å². The number of nitrogens with zero attached hydrogens (tertiary/aromatic N) is 1. The number of phenolic OH excluding ortho intramolecular Hbond substituents is 1. The summed E-state index contributed by atoms with van der Waals surface area (Å²) in [6.45, 7) is 2.07. The Morgan fingerprint density at radius 3 is 2.57 bits per heavy atom. The van der Waals surface area contributed by atoms with Gasteiger partial charge in [-0.3, -0.25) is 4.79 Å². The molecule has 0 spiro atoms. The highest BCUT2D eigenvalue weighted by molar-refractivity contribution is 5.97. The molecule has 28 heavy (non-hydrogen) atoms. The zero-order valence-corrected chi connectivity index (χ0v) is 15.1. The van der Waals surface area contributed by atoms with Crippen LogP contribution >= 0.6 is 0 Å². The van der Waals surface area contributed by atoms with E-state index in [4.69, 9.17) is 9.15 Å². The van der Waals surface area contributed by atoms with Gasteiger partial charge in [0.1, 0.15) is 17.3 Å². The lowest BCUT2D eigenvalue weighted by Crippen LogP contribution is -2.17. The average molecular weight is 378 g/mol. The lowest BCUT2D eigenvalue weighted by Gasteiger charge is -2.02. The van der Waals surface area contributed by atoms with E-state index in [0.717, 1.165) is 5.56 Å². The van der Waals surface area contributed by atoms with E-state index < -0.39 is 5.91 Å². The van der Waals surface area contributed by atoms with Crippen molar-refractivity contribution >= 4 is 18.1 Å². The minimum Gasteiger partial charge on any atom is -0.507 e. The number of para-hydroxylation sites is 1. The SMILES string of the molecule is CCOC(=O)c1ccc(-c2ccc(/C=N/NC(=O)c3ccccc3O)o2)cc1. The summed E-state index contributed by atoms with van der Waals surface area (Å²) in [5.74, 6) is -0.00936. The molecule has 0 radical (unpaired) electrons. The van der Waals surface area contributed by atoms with E-state index in [1.54, 1.807) is 55.5 Å². The average Bonchev–Trinajstić information content (AvgIpc) is 3.17. The largest absolute Gasteiger partial charge is 0.507 e. The van der Waals surface area contributed by atoms with Crippen molar-refractivity contribution in [2.75, 3.05) is 6.61 Å². The quantitative estimate of drug-likeness (QED) is 0.388. The van der Waals surface area contributed by atoms with E-state index in [-0.39, 0.29) is 17.3 Å². The van der Waals surface area contributed by atoms with Gasteiger partial charge in [-0.2, -0.15) is 5.10 Å². The molecular formula is C21H18N2O5. The van der Waals surface area contributed by atoms with E-state index in [0.29, 0.717) is 23.7 Å². The third kappa shape index (κ3) is 4.45. The summed E-state index contributed by atoms with van der Waals surface area (Å²) in [4.78, 5) is 23.6. The van der Waals surface area contributed by atoms with Gasteiger partial charge in [0, 0.05) is 5.56 Å². The number of benzene rings is 2. The Kier molecular flexibility index (Phi) is 5.86. The fourth-order valence-electron chi connectivity index (χ4n) is 2.44. The molecule has 0 aliphatic heterocycles. The Morgan fingerprint density at radius 1 is 1.11 bits per heavy atom. The van der Waals surface area contributed by atoms with Crippen LogP contribution in [0.3, 0.4) is 0 Å². The molecule has 0 aliphatic carbocycles. The normalized spacial score (nSPS) is 10.8. The van der Waals surface area contributed by atoms with Crippen molar-refractivity contribution in [3.63, 3.8) is 0 Å². The standard InChI is InChI=1S/C21H18N2O5/c1-2-27-21(26)15-9-7-14(8-10-15)19-12-11-16(28-19)13-22-23-20(25)17-5-3-4-6-18(17)24/h3-13,24H,2H2,1H3,(H,23,25)/b22-13+. The van der Waals surface area contributed by atoms with Gasteiger partial charge in [-0.1, -0.05) is 24.3 Å². The number of hydrogen-bond donors (Lipinski definition) is 2. The number of phenols is 1. The van der Waals surface area contributed by atoms with Crippen LogP contribution in [0.5, 0.6) is 5.75 Å². The number of carbonyl (C=O) groups excluding carboxylic acids is 2. The maximum absolute atomic E-state index is 12.0. The van der Waals surface area contributed by atoms with Gasteiger partial charge < -0.3 is 14.3 Å². The number of ether oxygens (including phenoxy) is 1. The summed E-state index contributed by atoms with van der Waals surface area (Å²) in [6, 6.07) is 16.5. The first-order valence-corrected chi connectivity index (χ1v) is 8.57. The first-order chi connectivity index (χ1) is 13.6. The van der Waals surface area contributed by atoms with Crippen LogP contribution in [0, 0.1) is 0 Å². The van der Waals surface area contributed by atoms with Crippen molar-refractivity contribution in [1.82, 2.24) is 5.43 Å². The van der Waals surface area contributed by atoms with Crippen LogP contribution in [0.1, 0.15) is 33.4 Å². The lowest BCUT2D eigenvalue weighted by molar-refractivity contribution is 0.0526. The molecule has 3 rings (SSSR count). The predicted octanol–water partition coefficient (Wildman–Crippen LogP) is 3.59. The first-order valence-electron chi connectivity index (χ1n) is 8.57. The summed E-state index contributed by atoms with van der Waals surface area (Å²) in [5, 5.41) is 13.5. The zero-order chi connectivity index (χ0) is 19.9.